The van der Waals surface area contributed by atoms with Crippen molar-refractivity contribution < 1.29 is 4.79 Å². The monoisotopic (exact) mass is 291 g/mol. The Morgan fingerprint density at radius 1 is 1.00 bits per heavy atom. The first-order chi connectivity index (χ1) is 10.7. The molecular formula is C18H17N3O. The quantitative estimate of drug-likeness (QED) is 0.772. The number of aryl methyl sites for hydroxylation is 1. The maximum atomic E-state index is 12.1. The second kappa shape index (κ2) is 6.26. The number of pyridine rings is 1. The van der Waals surface area contributed by atoms with E-state index in [2.05, 4.69) is 15.6 Å². The number of benzene rings is 2. The van der Waals surface area contributed by atoms with E-state index in [9.17, 15) is 4.79 Å². The van der Waals surface area contributed by atoms with Crippen LogP contribution >= 0.6 is 0 Å². The van der Waals surface area contributed by atoms with Gasteiger partial charge in [-0.05, 0) is 30.7 Å². The topological polar surface area (TPSA) is 54.0 Å². The zero-order valence-corrected chi connectivity index (χ0v) is 12.3. The number of hydrogen-bond donors (Lipinski definition) is 2. The Morgan fingerprint density at radius 3 is 2.64 bits per heavy atom. The molecule has 0 saturated heterocycles. The van der Waals surface area contributed by atoms with Gasteiger partial charge < -0.3 is 10.6 Å². The van der Waals surface area contributed by atoms with Gasteiger partial charge in [-0.25, -0.2) is 0 Å². The molecule has 0 aliphatic carbocycles. The van der Waals surface area contributed by atoms with Crippen LogP contribution in [0.5, 0.6) is 0 Å². The van der Waals surface area contributed by atoms with Gasteiger partial charge in [0, 0.05) is 17.3 Å². The molecule has 2 aromatic carbocycles. The minimum atomic E-state index is -0.0813. The van der Waals surface area contributed by atoms with E-state index in [-0.39, 0.29) is 12.5 Å². The van der Waals surface area contributed by atoms with Gasteiger partial charge in [0.1, 0.15) is 0 Å². The first kappa shape index (κ1) is 14.1. The summed E-state index contributed by atoms with van der Waals surface area (Å²) in [5, 5.41) is 7.11. The predicted octanol–water partition coefficient (Wildman–Crippen LogP) is 3.59. The first-order valence-corrected chi connectivity index (χ1v) is 7.17. The van der Waals surface area contributed by atoms with E-state index in [1.165, 1.54) is 0 Å². The lowest BCUT2D eigenvalue weighted by Gasteiger charge is -2.11. The van der Waals surface area contributed by atoms with E-state index in [0.717, 1.165) is 27.8 Å². The summed E-state index contributed by atoms with van der Waals surface area (Å²) >= 11 is 0. The number of para-hydroxylation sites is 2. The molecule has 22 heavy (non-hydrogen) atoms. The molecule has 4 heteroatoms. The molecule has 0 bridgehead atoms. The van der Waals surface area contributed by atoms with Gasteiger partial charge in [-0.1, -0.05) is 36.4 Å². The molecule has 1 aromatic heterocycles. The summed E-state index contributed by atoms with van der Waals surface area (Å²) in [4.78, 5) is 16.4. The second-order valence-corrected chi connectivity index (χ2v) is 5.10. The first-order valence-electron chi connectivity index (χ1n) is 7.17. The van der Waals surface area contributed by atoms with Gasteiger partial charge in [-0.3, -0.25) is 9.78 Å². The van der Waals surface area contributed by atoms with Crippen LogP contribution < -0.4 is 10.6 Å². The lowest BCUT2D eigenvalue weighted by molar-refractivity contribution is -0.114. The van der Waals surface area contributed by atoms with E-state index in [0.29, 0.717) is 0 Å². The molecule has 110 valence electrons. The van der Waals surface area contributed by atoms with Crippen molar-refractivity contribution in [3.63, 3.8) is 0 Å². The number of fused-ring (bicyclic) bond motifs is 1. The fourth-order valence-electron chi connectivity index (χ4n) is 2.33. The summed E-state index contributed by atoms with van der Waals surface area (Å²) in [6, 6.07) is 17.5. The normalized spacial score (nSPS) is 10.4. The average Bonchev–Trinajstić information content (AvgIpc) is 2.55. The highest BCUT2D eigenvalue weighted by Crippen LogP contribution is 2.20. The van der Waals surface area contributed by atoms with Gasteiger partial charge in [0.05, 0.1) is 17.7 Å². The maximum absolute atomic E-state index is 12.1. The Bertz CT molecular complexity index is 809. The van der Waals surface area contributed by atoms with Gasteiger partial charge in [0.2, 0.25) is 5.91 Å². The molecule has 4 nitrogen and oxygen atoms in total. The number of aromatic nitrogens is 1. The van der Waals surface area contributed by atoms with Crippen LogP contribution in [0.3, 0.4) is 0 Å². The molecule has 3 aromatic rings. The molecule has 0 unspecified atom stereocenters. The van der Waals surface area contributed by atoms with Crippen molar-refractivity contribution in [1.29, 1.82) is 0 Å². The standard InChI is InChI=1S/C18H17N3O/c1-13-6-2-3-9-15(13)21-17(22)12-20-16-10-4-7-14-8-5-11-19-18(14)16/h2-11,20H,12H2,1H3,(H,21,22). The molecule has 0 spiro atoms. The summed E-state index contributed by atoms with van der Waals surface area (Å²) < 4.78 is 0. The Hall–Kier alpha value is -2.88. The second-order valence-electron chi connectivity index (χ2n) is 5.10. The fraction of sp³-hybridized carbons (Fsp3) is 0.111. The average molecular weight is 291 g/mol. The minimum absolute atomic E-state index is 0.0813. The van der Waals surface area contributed by atoms with Crippen LogP contribution in [0.25, 0.3) is 10.9 Å². The largest absolute Gasteiger partial charge is 0.374 e. The predicted molar refractivity (Wildman–Crippen MR) is 90.0 cm³/mol. The summed E-state index contributed by atoms with van der Waals surface area (Å²) in [7, 11) is 0. The SMILES string of the molecule is Cc1ccccc1NC(=O)CNc1cccc2cccnc12. The molecule has 0 radical (unpaired) electrons. The highest BCUT2D eigenvalue weighted by molar-refractivity contribution is 5.96. The number of carbonyl (C=O) groups is 1. The van der Waals surface area contributed by atoms with Gasteiger partial charge >= 0.3 is 0 Å². The number of nitrogens with zero attached hydrogens (tertiary/aromatic N) is 1. The maximum Gasteiger partial charge on any atom is 0.243 e. The Morgan fingerprint density at radius 2 is 1.77 bits per heavy atom. The van der Waals surface area contributed by atoms with Crippen molar-refractivity contribution in [2.45, 2.75) is 6.92 Å². The summed E-state index contributed by atoms with van der Waals surface area (Å²) in [6.45, 7) is 2.17. The van der Waals surface area contributed by atoms with Crippen LogP contribution in [0.15, 0.2) is 60.8 Å². The van der Waals surface area contributed by atoms with E-state index >= 15 is 0 Å². The number of anilines is 2. The van der Waals surface area contributed by atoms with Crippen molar-refractivity contribution in [1.82, 2.24) is 4.98 Å². The van der Waals surface area contributed by atoms with Gasteiger partial charge in [0.25, 0.3) is 0 Å². The van der Waals surface area contributed by atoms with Crippen LogP contribution in [0, 0.1) is 6.92 Å². The molecule has 0 aliphatic heterocycles. The smallest absolute Gasteiger partial charge is 0.243 e. The van der Waals surface area contributed by atoms with E-state index < -0.39 is 0 Å². The van der Waals surface area contributed by atoms with Gasteiger partial charge in [-0.2, -0.15) is 0 Å². The number of amides is 1. The molecule has 0 atom stereocenters. The van der Waals surface area contributed by atoms with Crippen molar-refractivity contribution in [3.8, 4) is 0 Å². The third-order valence-corrected chi connectivity index (χ3v) is 3.49. The molecule has 2 N–H and O–H groups in total. The van der Waals surface area contributed by atoms with E-state index in [4.69, 9.17) is 0 Å². The molecule has 1 amide bonds. The van der Waals surface area contributed by atoms with Crippen LogP contribution in [0.1, 0.15) is 5.56 Å². The van der Waals surface area contributed by atoms with Crippen molar-refractivity contribution >= 4 is 28.2 Å². The third-order valence-electron chi connectivity index (χ3n) is 3.49. The summed E-state index contributed by atoms with van der Waals surface area (Å²) in [6.07, 6.45) is 1.75. The Kier molecular flexibility index (Phi) is 4.01. The van der Waals surface area contributed by atoms with Crippen molar-refractivity contribution in [2.24, 2.45) is 0 Å². The van der Waals surface area contributed by atoms with Crippen molar-refractivity contribution in [3.05, 3.63) is 66.4 Å². The molecule has 0 saturated carbocycles. The number of hydrogen-bond acceptors (Lipinski definition) is 3. The summed E-state index contributed by atoms with van der Waals surface area (Å²) in [5.41, 5.74) is 3.61. The number of rotatable bonds is 4. The van der Waals surface area contributed by atoms with E-state index in [1.807, 2.05) is 61.5 Å². The molecule has 3 rings (SSSR count). The number of nitrogens with one attached hydrogen (secondary N) is 2. The highest BCUT2D eigenvalue weighted by atomic mass is 16.1. The minimum Gasteiger partial charge on any atom is -0.374 e. The Labute approximate surface area is 129 Å². The zero-order chi connectivity index (χ0) is 15.4. The number of carbonyl (C=O) groups excluding carboxylic acids is 1. The summed E-state index contributed by atoms with van der Waals surface area (Å²) in [5.74, 6) is -0.0813. The molecule has 0 fully saturated rings. The van der Waals surface area contributed by atoms with Crippen molar-refractivity contribution in [2.75, 3.05) is 17.2 Å². The molecule has 0 aliphatic rings. The molecular weight excluding hydrogens is 274 g/mol. The lowest BCUT2D eigenvalue weighted by atomic mass is 10.2. The highest BCUT2D eigenvalue weighted by Gasteiger charge is 2.06. The van der Waals surface area contributed by atoms with Crippen LogP contribution in [0.4, 0.5) is 11.4 Å². The lowest BCUT2D eigenvalue weighted by Crippen LogP contribution is -2.22. The Balaban J connectivity index is 1.69. The van der Waals surface area contributed by atoms with Gasteiger partial charge in [0.15, 0.2) is 0 Å². The van der Waals surface area contributed by atoms with Crippen LogP contribution in [0.2, 0.25) is 0 Å². The fourth-order valence-corrected chi connectivity index (χ4v) is 2.33. The van der Waals surface area contributed by atoms with E-state index in [1.54, 1.807) is 6.20 Å². The molecule has 1 heterocycles. The van der Waals surface area contributed by atoms with Crippen LogP contribution in [-0.2, 0) is 4.79 Å². The van der Waals surface area contributed by atoms with Gasteiger partial charge in [-0.15, -0.1) is 0 Å². The van der Waals surface area contributed by atoms with Crippen LogP contribution in [-0.4, -0.2) is 17.4 Å². The third kappa shape index (κ3) is 3.06. The zero-order valence-electron chi connectivity index (χ0n) is 12.3.